The van der Waals surface area contributed by atoms with Gasteiger partial charge in [-0.2, -0.15) is 0 Å². The van der Waals surface area contributed by atoms with Gasteiger partial charge in [0.1, 0.15) is 6.04 Å². The topological polar surface area (TPSA) is 74.6 Å². The molecule has 3 rings (SSSR count). The highest BCUT2D eigenvalue weighted by Gasteiger charge is 2.25. The molecule has 1 aromatic carbocycles. The lowest BCUT2D eigenvalue weighted by Gasteiger charge is -2.27. The summed E-state index contributed by atoms with van der Waals surface area (Å²) in [5.41, 5.74) is 2.36. The normalized spacial score (nSPS) is 15.8. The van der Waals surface area contributed by atoms with Crippen molar-refractivity contribution < 1.29 is 14.0 Å². The second-order valence-electron chi connectivity index (χ2n) is 8.00. The minimum Gasteiger partial charge on any atom is -0.459 e. The first-order valence-corrected chi connectivity index (χ1v) is 10.5. The summed E-state index contributed by atoms with van der Waals surface area (Å²) in [5, 5.41) is 5.79. The van der Waals surface area contributed by atoms with Crippen molar-refractivity contribution in [2.24, 2.45) is 5.92 Å². The number of amides is 2. The third kappa shape index (κ3) is 5.94. The van der Waals surface area contributed by atoms with Gasteiger partial charge in [0.25, 0.3) is 5.91 Å². The van der Waals surface area contributed by atoms with Crippen LogP contribution in [0.5, 0.6) is 0 Å². The first kappa shape index (κ1) is 21.1. The molecule has 2 amide bonds. The van der Waals surface area contributed by atoms with Crippen molar-refractivity contribution in [1.29, 1.82) is 0 Å². The van der Waals surface area contributed by atoms with Gasteiger partial charge in [0.15, 0.2) is 5.76 Å². The predicted octanol–water partition coefficient (Wildman–Crippen LogP) is 3.34. The number of piperidine rings is 1. The molecule has 6 nitrogen and oxygen atoms in total. The molecule has 0 saturated carbocycles. The molecule has 0 aliphatic carbocycles. The molecule has 156 valence electrons. The Labute approximate surface area is 172 Å². The molecule has 2 aromatic rings. The number of carbonyl (C=O) groups is 2. The van der Waals surface area contributed by atoms with Crippen molar-refractivity contribution in [2.45, 2.75) is 52.2 Å². The summed E-state index contributed by atoms with van der Waals surface area (Å²) in [5.74, 6) is -0.408. The summed E-state index contributed by atoms with van der Waals surface area (Å²) in [6.07, 6.45) is 5.27. The summed E-state index contributed by atoms with van der Waals surface area (Å²) in [7, 11) is 0. The molecule has 1 fully saturated rings. The van der Waals surface area contributed by atoms with E-state index in [0.717, 1.165) is 25.2 Å². The van der Waals surface area contributed by atoms with Crippen LogP contribution in [0.3, 0.4) is 0 Å². The average molecular weight is 398 g/mol. The van der Waals surface area contributed by atoms with Crippen LogP contribution in [0, 0.1) is 5.92 Å². The van der Waals surface area contributed by atoms with Crippen molar-refractivity contribution in [3.63, 3.8) is 0 Å². The minimum atomic E-state index is -0.623. The van der Waals surface area contributed by atoms with Crippen molar-refractivity contribution in [2.75, 3.05) is 13.1 Å². The first-order valence-electron chi connectivity index (χ1n) is 10.5. The second-order valence-corrected chi connectivity index (χ2v) is 8.00. The molecule has 0 unspecified atom stereocenters. The lowest BCUT2D eigenvalue weighted by molar-refractivity contribution is -0.124. The summed E-state index contributed by atoms with van der Waals surface area (Å²) in [6.45, 7) is 7.45. The number of hydrogen-bond acceptors (Lipinski definition) is 4. The molecule has 0 bridgehead atoms. The van der Waals surface area contributed by atoms with E-state index in [2.05, 4.69) is 27.7 Å². The van der Waals surface area contributed by atoms with Crippen LogP contribution < -0.4 is 10.6 Å². The fraction of sp³-hybridized carbons (Fsp3) is 0.478. The van der Waals surface area contributed by atoms with E-state index in [1.807, 2.05) is 26.0 Å². The molecule has 1 aliphatic heterocycles. The van der Waals surface area contributed by atoms with Crippen molar-refractivity contribution in [1.82, 2.24) is 15.5 Å². The van der Waals surface area contributed by atoms with Crippen LogP contribution in [-0.4, -0.2) is 35.8 Å². The number of likely N-dealkylation sites (tertiary alicyclic amines) is 1. The highest BCUT2D eigenvalue weighted by atomic mass is 16.3. The van der Waals surface area contributed by atoms with Gasteiger partial charge in [-0.05, 0) is 55.1 Å². The predicted molar refractivity (Wildman–Crippen MR) is 112 cm³/mol. The van der Waals surface area contributed by atoms with Crippen molar-refractivity contribution >= 4 is 11.8 Å². The third-order valence-electron chi connectivity index (χ3n) is 5.39. The first-order chi connectivity index (χ1) is 14.0. The smallest absolute Gasteiger partial charge is 0.287 e. The number of nitrogens with zero attached hydrogens (tertiary/aromatic N) is 1. The number of nitrogens with one attached hydrogen (secondary N) is 2. The van der Waals surface area contributed by atoms with Gasteiger partial charge in [0, 0.05) is 13.1 Å². The van der Waals surface area contributed by atoms with Gasteiger partial charge >= 0.3 is 0 Å². The Hall–Kier alpha value is -2.60. The lowest BCUT2D eigenvalue weighted by atomic mass is 10.0. The number of rotatable bonds is 8. The maximum Gasteiger partial charge on any atom is 0.287 e. The molecule has 6 heteroatoms. The molecular formula is C23H31N3O3. The Bertz CT molecular complexity index is 795. The Kier molecular flexibility index (Phi) is 7.47. The standard InChI is InChI=1S/C23H31N3O3/c1-17(2)21(25-22(27)20-11-8-14-29-20)23(28)24-15-18-9-4-5-10-19(18)16-26-12-6-3-7-13-26/h4-5,8-11,14,17,21H,3,6-7,12-13,15-16H2,1-2H3,(H,24,28)(H,25,27)/t21-/m0/s1. The lowest BCUT2D eigenvalue weighted by Crippen LogP contribution is -2.49. The molecule has 1 atom stereocenters. The van der Waals surface area contributed by atoms with E-state index >= 15 is 0 Å². The van der Waals surface area contributed by atoms with Crippen LogP contribution in [0.4, 0.5) is 0 Å². The Morgan fingerprint density at radius 1 is 1.03 bits per heavy atom. The number of carbonyl (C=O) groups excluding carboxylic acids is 2. The van der Waals surface area contributed by atoms with Gasteiger partial charge in [-0.15, -0.1) is 0 Å². The van der Waals surface area contributed by atoms with Gasteiger partial charge in [-0.1, -0.05) is 44.5 Å². The zero-order valence-corrected chi connectivity index (χ0v) is 17.3. The van der Waals surface area contributed by atoms with E-state index in [0.29, 0.717) is 6.54 Å². The summed E-state index contributed by atoms with van der Waals surface area (Å²) in [6, 6.07) is 10.9. The van der Waals surface area contributed by atoms with Crippen LogP contribution in [0.1, 0.15) is 54.8 Å². The summed E-state index contributed by atoms with van der Waals surface area (Å²) >= 11 is 0. The van der Waals surface area contributed by atoms with Gasteiger partial charge in [0.2, 0.25) is 5.91 Å². The van der Waals surface area contributed by atoms with E-state index in [1.165, 1.54) is 31.1 Å². The van der Waals surface area contributed by atoms with Gasteiger partial charge in [-0.25, -0.2) is 0 Å². The summed E-state index contributed by atoms with van der Waals surface area (Å²) in [4.78, 5) is 27.6. The molecule has 1 aliphatic rings. The van der Waals surface area contributed by atoms with Crippen LogP contribution >= 0.6 is 0 Å². The molecule has 2 heterocycles. The molecule has 0 spiro atoms. The Balaban J connectivity index is 1.60. The molecular weight excluding hydrogens is 366 g/mol. The fourth-order valence-electron chi connectivity index (χ4n) is 3.69. The number of hydrogen-bond donors (Lipinski definition) is 2. The van der Waals surface area contributed by atoms with E-state index in [-0.39, 0.29) is 23.5 Å². The van der Waals surface area contributed by atoms with Gasteiger partial charge in [0.05, 0.1) is 6.26 Å². The van der Waals surface area contributed by atoms with E-state index in [9.17, 15) is 9.59 Å². The fourth-order valence-corrected chi connectivity index (χ4v) is 3.69. The van der Waals surface area contributed by atoms with E-state index in [4.69, 9.17) is 4.42 Å². The Morgan fingerprint density at radius 3 is 2.41 bits per heavy atom. The zero-order chi connectivity index (χ0) is 20.6. The molecule has 1 saturated heterocycles. The highest BCUT2D eigenvalue weighted by Crippen LogP contribution is 2.16. The van der Waals surface area contributed by atoms with Crippen molar-refractivity contribution in [3.8, 4) is 0 Å². The molecule has 29 heavy (non-hydrogen) atoms. The molecule has 0 radical (unpaired) electrons. The monoisotopic (exact) mass is 397 g/mol. The second kappa shape index (κ2) is 10.3. The van der Waals surface area contributed by atoms with Crippen LogP contribution in [0.15, 0.2) is 47.1 Å². The third-order valence-corrected chi connectivity index (χ3v) is 5.39. The highest BCUT2D eigenvalue weighted by molar-refractivity contribution is 5.95. The molecule has 2 N–H and O–H groups in total. The van der Waals surface area contributed by atoms with E-state index in [1.54, 1.807) is 12.1 Å². The van der Waals surface area contributed by atoms with Crippen LogP contribution in [0.2, 0.25) is 0 Å². The van der Waals surface area contributed by atoms with Crippen molar-refractivity contribution in [3.05, 3.63) is 59.5 Å². The minimum absolute atomic E-state index is 0.0440. The van der Waals surface area contributed by atoms with Crippen LogP contribution in [0.25, 0.3) is 0 Å². The maximum absolute atomic E-state index is 12.8. The molecule has 1 aromatic heterocycles. The largest absolute Gasteiger partial charge is 0.459 e. The Morgan fingerprint density at radius 2 is 1.76 bits per heavy atom. The zero-order valence-electron chi connectivity index (χ0n) is 17.3. The van der Waals surface area contributed by atoms with E-state index < -0.39 is 6.04 Å². The number of furan rings is 1. The quantitative estimate of drug-likeness (QED) is 0.716. The number of benzene rings is 1. The van der Waals surface area contributed by atoms with Gasteiger partial charge < -0.3 is 15.1 Å². The summed E-state index contributed by atoms with van der Waals surface area (Å²) < 4.78 is 5.12. The van der Waals surface area contributed by atoms with Gasteiger partial charge in [-0.3, -0.25) is 14.5 Å². The average Bonchev–Trinajstić information content (AvgIpc) is 3.26. The SMILES string of the molecule is CC(C)[C@H](NC(=O)c1ccco1)C(=O)NCc1ccccc1CN1CCCCC1. The van der Waals surface area contributed by atoms with Crippen LogP contribution in [-0.2, 0) is 17.9 Å². The maximum atomic E-state index is 12.8.